The molecule has 0 bridgehead atoms. The third kappa shape index (κ3) is 2.43. The maximum Gasteiger partial charge on any atom is 0.339 e. The molecule has 1 aromatic rings. The predicted molar refractivity (Wildman–Crippen MR) is 48.0 cm³/mol. The van der Waals surface area contributed by atoms with Crippen LogP contribution in [0.15, 0.2) is 23.1 Å². The van der Waals surface area contributed by atoms with Gasteiger partial charge in [0.1, 0.15) is 5.56 Å². The molecule has 0 saturated heterocycles. The van der Waals surface area contributed by atoms with Crippen LogP contribution in [0.3, 0.4) is 0 Å². The predicted octanol–water partition coefficient (Wildman–Crippen LogP) is -0.116. The lowest BCUT2D eigenvalue weighted by Crippen LogP contribution is -2.09. The molecular formula is C7H7NO6S. The summed E-state index contributed by atoms with van der Waals surface area (Å²) in [6.45, 7) is 0. The zero-order valence-electron chi connectivity index (χ0n) is 7.25. The maximum absolute atomic E-state index is 10.7. The second kappa shape index (κ2) is 3.85. The van der Waals surface area contributed by atoms with Gasteiger partial charge in [0.15, 0.2) is 5.75 Å². The van der Waals surface area contributed by atoms with Gasteiger partial charge in [-0.05, 0) is 12.1 Å². The molecular weight excluding hydrogens is 226 g/mol. The zero-order chi connectivity index (χ0) is 11.6. The van der Waals surface area contributed by atoms with E-state index in [1.54, 1.807) is 0 Å². The van der Waals surface area contributed by atoms with Gasteiger partial charge in [0, 0.05) is 6.07 Å². The number of hydrogen-bond donors (Lipinski definition) is 3. The molecule has 0 aliphatic carbocycles. The molecule has 0 saturated carbocycles. The molecule has 82 valence electrons. The smallest absolute Gasteiger partial charge is 0.339 e. The quantitative estimate of drug-likeness (QED) is 0.490. The van der Waals surface area contributed by atoms with Crippen molar-refractivity contribution in [1.29, 1.82) is 0 Å². The summed E-state index contributed by atoms with van der Waals surface area (Å²) in [7, 11) is -4.41. The number of carboxylic acid groups (broad SMARTS) is 1. The molecule has 0 heterocycles. The fourth-order valence-electron chi connectivity index (χ4n) is 0.937. The Kier molecular flexibility index (Phi) is 2.93. The van der Waals surface area contributed by atoms with Crippen molar-refractivity contribution < 1.29 is 27.7 Å². The van der Waals surface area contributed by atoms with Crippen LogP contribution in [0.25, 0.3) is 0 Å². The van der Waals surface area contributed by atoms with E-state index in [2.05, 4.69) is 4.84 Å². The van der Waals surface area contributed by atoms with Crippen molar-refractivity contribution in [2.75, 3.05) is 0 Å². The number of carboxylic acids is 1. The van der Waals surface area contributed by atoms with E-state index in [9.17, 15) is 13.2 Å². The van der Waals surface area contributed by atoms with E-state index in [1.807, 2.05) is 0 Å². The van der Waals surface area contributed by atoms with Crippen LogP contribution in [0.5, 0.6) is 5.75 Å². The average Bonchev–Trinajstić information content (AvgIpc) is 2.15. The summed E-state index contributed by atoms with van der Waals surface area (Å²) < 4.78 is 30.1. The lowest BCUT2D eigenvalue weighted by molar-refractivity contribution is 0.0692. The van der Waals surface area contributed by atoms with Crippen molar-refractivity contribution in [3.63, 3.8) is 0 Å². The largest absolute Gasteiger partial charge is 0.478 e. The van der Waals surface area contributed by atoms with Crippen molar-refractivity contribution in [3.05, 3.63) is 23.8 Å². The maximum atomic E-state index is 10.7. The Morgan fingerprint density at radius 1 is 1.40 bits per heavy atom. The minimum atomic E-state index is -4.41. The molecule has 8 heteroatoms. The first-order chi connectivity index (χ1) is 6.86. The summed E-state index contributed by atoms with van der Waals surface area (Å²) in [5.74, 6) is 3.09. The van der Waals surface area contributed by atoms with Crippen molar-refractivity contribution in [2.45, 2.75) is 4.90 Å². The van der Waals surface area contributed by atoms with E-state index in [-0.39, 0.29) is 11.3 Å². The molecule has 0 radical (unpaired) electrons. The second-order valence-corrected chi connectivity index (χ2v) is 3.98. The number of carbonyl (C=O) groups is 1. The Hall–Kier alpha value is -1.64. The highest BCUT2D eigenvalue weighted by Gasteiger charge is 2.16. The summed E-state index contributed by atoms with van der Waals surface area (Å²) in [6.07, 6.45) is 0. The summed E-state index contributed by atoms with van der Waals surface area (Å²) in [5.41, 5.74) is -0.301. The summed E-state index contributed by atoms with van der Waals surface area (Å²) in [6, 6.07) is 2.72. The lowest BCUT2D eigenvalue weighted by atomic mass is 10.2. The van der Waals surface area contributed by atoms with Gasteiger partial charge in [-0.1, -0.05) is 0 Å². The van der Waals surface area contributed by atoms with E-state index in [0.717, 1.165) is 18.2 Å². The Morgan fingerprint density at radius 2 is 2.00 bits per heavy atom. The molecule has 1 aromatic carbocycles. The molecule has 0 atom stereocenters. The number of nitrogens with two attached hydrogens (primary N) is 1. The first kappa shape index (κ1) is 11.4. The molecule has 0 amide bonds. The minimum Gasteiger partial charge on any atom is -0.478 e. The van der Waals surface area contributed by atoms with E-state index in [1.165, 1.54) is 0 Å². The third-order valence-electron chi connectivity index (χ3n) is 1.61. The van der Waals surface area contributed by atoms with E-state index >= 15 is 0 Å². The number of benzene rings is 1. The third-order valence-corrected chi connectivity index (χ3v) is 2.46. The van der Waals surface area contributed by atoms with Crippen molar-refractivity contribution in [3.8, 4) is 5.75 Å². The topological polar surface area (TPSA) is 127 Å². The van der Waals surface area contributed by atoms with Gasteiger partial charge in [0.25, 0.3) is 10.1 Å². The molecule has 0 unspecified atom stereocenters. The monoisotopic (exact) mass is 233 g/mol. The normalized spacial score (nSPS) is 11.1. The summed E-state index contributed by atoms with van der Waals surface area (Å²) >= 11 is 0. The minimum absolute atomic E-state index is 0.301. The highest BCUT2D eigenvalue weighted by atomic mass is 32.2. The van der Waals surface area contributed by atoms with Crippen molar-refractivity contribution in [2.24, 2.45) is 5.90 Å². The first-order valence-electron chi connectivity index (χ1n) is 3.58. The standard InChI is InChI=1S/C7H7NO6S/c8-14-6-3-4(15(11,12)13)1-2-5(6)7(9)10/h1-3H,8H2,(H,9,10)(H,11,12,13). The van der Waals surface area contributed by atoms with Crippen LogP contribution in [0, 0.1) is 0 Å². The SMILES string of the molecule is NOc1cc(S(=O)(=O)O)ccc1C(=O)O. The Morgan fingerprint density at radius 3 is 2.40 bits per heavy atom. The van der Waals surface area contributed by atoms with Crippen molar-refractivity contribution >= 4 is 16.1 Å². The van der Waals surface area contributed by atoms with Crippen LogP contribution in [0.1, 0.15) is 10.4 Å². The lowest BCUT2D eigenvalue weighted by Gasteiger charge is -2.04. The second-order valence-electron chi connectivity index (χ2n) is 2.56. The Labute approximate surface area is 84.8 Å². The molecule has 7 nitrogen and oxygen atoms in total. The van der Waals surface area contributed by atoms with Crippen LogP contribution < -0.4 is 10.7 Å². The molecule has 1 rings (SSSR count). The zero-order valence-corrected chi connectivity index (χ0v) is 8.06. The van der Waals surface area contributed by atoms with Crippen LogP contribution in [-0.4, -0.2) is 24.0 Å². The average molecular weight is 233 g/mol. The van der Waals surface area contributed by atoms with Crippen LogP contribution in [0.4, 0.5) is 0 Å². The molecule has 0 aliphatic rings. The van der Waals surface area contributed by atoms with Gasteiger partial charge in [-0.2, -0.15) is 14.3 Å². The van der Waals surface area contributed by atoms with Gasteiger partial charge >= 0.3 is 5.97 Å². The van der Waals surface area contributed by atoms with Crippen LogP contribution in [-0.2, 0) is 10.1 Å². The van der Waals surface area contributed by atoms with E-state index in [0.29, 0.717) is 0 Å². The van der Waals surface area contributed by atoms with Gasteiger partial charge in [0.05, 0.1) is 4.90 Å². The van der Waals surface area contributed by atoms with Gasteiger partial charge in [-0.15, -0.1) is 0 Å². The molecule has 0 aromatic heterocycles. The molecule has 15 heavy (non-hydrogen) atoms. The summed E-state index contributed by atoms with van der Waals surface area (Å²) in [4.78, 5) is 14.3. The van der Waals surface area contributed by atoms with Gasteiger partial charge in [0.2, 0.25) is 0 Å². The Balaban J connectivity index is 3.38. The van der Waals surface area contributed by atoms with Crippen molar-refractivity contribution in [1.82, 2.24) is 0 Å². The molecule has 4 N–H and O–H groups in total. The van der Waals surface area contributed by atoms with Crippen LogP contribution in [0.2, 0.25) is 0 Å². The summed E-state index contributed by atoms with van der Waals surface area (Å²) in [5, 5.41) is 8.64. The van der Waals surface area contributed by atoms with Crippen LogP contribution >= 0.6 is 0 Å². The van der Waals surface area contributed by atoms with E-state index < -0.39 is 21.0 Å². The highest BCUT2D eigenvalue weighted by molar-refractivity contribution is 7.85. The molecule has 0 fully saturated rings. The van der Waals surface area contributed by atoms with E-state index in [4.69, 9.17) is 15.6 Å². The first-order valence-corrected chi connectivity index (χ1v) is 5.02. The molecule has 0 spiro atoms. The molecule has 0 aliphatic heterocycles. The fraction of sp³-hybridized carbons (Fsp3) is 0. The van der Waals surface area contributed by atoms with Gasteiger partial charge in [-0.3, -0.25) is 4.55 Å². The number of rotatable bonds is 3. The number of hydrogen-bond acceptors (Lipinski definition) is 5. The number of aromatic carboxylic acids is 1. The van der Waals surface area contributed by atoms with Gasteiger partial charge in [-0.25, -0.2) is 4.79 Å². The van der Waals surface area contributed by atoms with Gasteiger partial charge < -0.3 is 9.94 Å². The fourth-order valence-corrected chi connectivity index (χ4v) is 1.43. The highest BCUT2D eigenvalue weighted by Crippen LogP contribution is 2.22. The Bertz CT molecular complexity index is 494.